The van der Waals surface area contributed by atoms with Crippen LogP contribution in [0.1, 0.15) is 53.5 Å². The van der Waals surface area contributed by atoms with E-state index in [2.05, 4.69) is 31.1 Å². The lowest BCUT2D eigenvalue weighted by Gasteiger charge is -2.22. The van der Waals surface area contributed by atoms with Crippen molar-refractivity contribution in [2.24, 2.45) is 0 Å². The van der Waals surface area contributed by atoms with Crippen molar-refractivity contribution in [3.8, 4) is 0 Å². The molecule has 140 valence electrons. The molecule has 0 bridgehead atoms. The van der Waals surface area contributed by atoms with Gasteiger partial charge in [-0.3, -0.25) is 9.59 Å². The fourth-order valence-corrected chi connectivity index (χ4v) is 3.43. The van der Waals surface area contributed by atoms with E-state index >= 15 is 0 Å². The zero-order chi connectivity index (χ0) is 19.5. The molecule has 0 radical (unpaired) electrons. The Morgan fingerprint density at radius 1 is 1.23 bits per heavy atom. The molecule has 0 fully saturated rings. The first-order chi connectivity index (χ1) is 12.1. The van der Waals surface area contributed by atoms with Gasteiger partial charge >= 0.3 is 0 Å². The summed E-state index contributed by atoms with van der Waals surface area (Å²) in [7, 11) is 1.73. The van der Waals surface area contributed by atoms with Crippen molar-refractivity contribution < 1.29 is 9.59 Å². The molecular formula is C20H27N3O2S. The topological polar surface area (TPSA) is 62.3 Å². The van der Waals surface area contributed by atoms with Gasteiger partial charge in [-0.15, -0.1) is 11.3 Å². The maximum absolute atomic E-state index is 12.5. The SMILES string of the molecule is Cc1ncc(CN(C)C(=O)C(C)NC(=O)c2ccc(C(C)(C)C)cc2)s1. The second-order valence-electron chi connectivity index (χ2n) is 7.56. The molecule has 0 saturated heterocycles. The van der Waals surface area contributed by atoms with Crippen LogP contribution in [0.5, 0.6) is 0 Å². The van der Waals surface area contributed by atoms with E-state index in [1.165, 1.54) is 0 Å². The Bertz CT molecular complexity index is 775. The van der Waals surface area contributed by atoms with Crippen molar-refractivity contribution in [3.63, 3.8) is 0 Å². The second kappa shape index (κ2) is 7.99. The van der Waals surface area contributed by atoms with Gasteiger partial charge < -0.3 is 10.2 Å². The van der Waals surface area contributed by atoms with E-state index in [-0.39, 0.29) is 17.2 Å². The molecule has 5 nitrogen and oxygen atoms in total. The van der Waals surface area contributed by atoms with Crippen LogP contribution < -0.4 is 5.32 Å². The normalized spacial score (nSPS) is 12.5. The van der Waals surface area contributed by atoms with Gasteiger partial charge in [0, 0.05) is 23.7 Å². The molecule has 1 aromatic heterocycles. The van der Waals surface area contributed by atoms with E-state index in [4.69, 9.17) is 0 Å². The Kier molecular flexibility index (Phi) is 6.18. The smallest absolute Gasteiger partial charge is 0.251 e. The minimum Gasteiger partial charge on any atom is -0.341 e. The van der Waals surface area contributed by atoms with Gasteiger partial charge in [0.25, 0.3) is 5.91 Å². The Morgan fingerprint density at radius 2 is 1.85 bits per heavy atom. The molecule has 1 heterocycles. The van der Waals surface area contributed by atoms with E-state index in [1.807, 2.05) is 19.1 Å². The van der Waals surface area contributed by atoms with Crippen LogP contribution in [0.2, 0.25) is 0 Å². The molecule has 0 aliphatic heterocycles. The fraction of sp³-hybridized carbons (Fsp3) is 0.450. The number of hydrogen-bond donors (Lipinski definition) is 1. The predicted octanol–water partition coefficient (Wildman–Crippen LogP) is 3.53. The molecule has 1 unspecified atom stereocenters. The summed E-state index contributed by atoms with van der Waals surface area (Å²) in [6, 6.07) is 6.93. The number of aromatic nitrogens is 1. The molecule has 0 aliphatic rings. The van der Waals surface area contributed by atoms with Gasteiger partial charge in [0.05, 0.1) is 11.6 Å². The highest BCUT2D eigenvalue weighted by Crippen LogP contribution is 2.22. The standard InChI is InChI=1S/C20H27N3O2S/c1-13(19(25)23(6)12-17-11-21-14(2)26-17)22-18(24)15-7-9-16(10-8-15)20(3,4)5/h7-11,13H,12H2,1-6H3,(H,22,24). The van der Waals surface area contributed by atoms with Gasteiger partial charge in [-0.25, -0.2) is 4.98 Å². The van der Waals surface area contributed by atoms with Gasteiger partial charge in [-0.2, -0.15) is 0 Å². The van der Waals surface area contributed by atoms with Crippen LogP contribution in [0.4, 0.5) is 0 Å². The molecule has 1 atom stereocenters. The Morgan fingerprint density at radius 3 is 2.35 bits per heavy atom. The number of likely N-dealkylation sites (N-methyl/N-ethyl adjacent to an activating group) is 1. The lowest BCUT2D eigenvalue weighted by Crippen LogP contribution is -2.45. The average Bonchev–Trinajstić information content (AvgIpc) is 2.98. The van der Waals surface area contributed by atoms with Crippen LogP contribution in [-0.4, -0.2) is 34.8 Å². The van der Waals surface area contributed by atoms with Crippen molar-refractivity contribution in [2.75, 3.05) is 7.05 Å². The maximum Gasteiger partial charge on any atom is 0.251 e. The van der Waals surface area contributed by atoms with Crippen molar-refractivity contribution in [3.05, 3.63) is 51.5 Å². The fourth-order valence-electron chi connectivity index (χ4n) is 2.58. The summed E-state index contributed by atoms with van der Waals surface area (Å²) in [6.45, 7) is 10.5. The van der Waals surface area contributed by atoms with Gasteiger partial charge in [0.15, 0.2) is 0 Å². The first-order valence-electron chi connectivity index (χ1n) is 8.65. The summed E-state index contributed by atoms with van der Waals surface area (Å²) in [6.07, 6.45) is 1.78. The lowest BCUT2D eigenvalue weighted by molar-refractivity contribution is -0.132. The highest BCUT2D eigenvalue weighted by Gasteiger charge is 2.21. The molecule has 2 amide bonds. The summed E-state index contributed by atoms with van der Waals surface area (Å²) in [5.74, 6) is -0.371. The van der Waals surface area contributed by atoms with Crippen LogP contribution >= 0.6 is 11.3 Å². The Hall–Kier alpha value is -2.21. The summed E-state index contributed by atoms with van der Waals surface area (Å²) < 4.78 is 0. The number of amides is 2. The number of rotatable bonds is 5. The molecule has 2 rings (SSSR count). The minimum absolute atomic E-state index is 0.0377. The summed E-state index contributed by atoms with van der Waals surface area (Å²) in [5.41, 5.74) is 1.76. The summed E-state index contributed by atoms with van der Waals surface area (Å²) in [5, 5.41) is 3.76. The van der Waals surface area contributed by atoms with Crippen LogP contribution in [0.3, 0.4) is 0 Å². The third kappa shape index (κ3) is 5.14. The molecule has 26 heavy (non-hydrogen) atoms. The number of carbonyl (C=O) groups is 2. The molecule has 1 N–H and O–H groups in total. The molecular weight excluding hydrogens is 346 g/mol. The van der Waals surface area contributed by atoms with Crippen molar-refractivity contribution >= 4 is 23.2 Å². The number of nitrogens with zero attached hydrogens (tertiary/aromatic N) is 2. The first-order valence-corrected chi connectivity index (χ1v) is 9.47. The van der Waals surface area contributed by atoms with Crippen LogP contribution in [-0.2, 0) is 16.8 Å². The van der Waals surface area contributed by atoms with Crippen LogP contribution in [0.25, 0.3) is 0 Å². The summed E-state index contributed by atoms with van der Waals surface area (Å²) in [4.78, 5) is 31.7. The van der Waals surface area contributed by atoms with Gasteiger partial charge in [0.1, 0.15) is 6.04 Å². The van der Waals surface area contributed by atoms with Crippen LogP contribution in [0.15, 0.2) is 30.5 Å². The number of nitrogens with one attached hydrogen (secondary N) is 1. The van der Waals surface area contributed by atoms with E-state index in [1.54, 1.807) is 48.5 Å². The van der Waals surface area contributed by atoms with E-state index in [9.17, 15) is 9.59 Å². The van der Waals surface area contributed by atoms with Gasteiger partial charge in [-0.1, -0.05) is 32.9 Å². The lowest BCUT2D eigenvalue weighted by atomic mass is 9.86. The molecule has 6 heteroatoms. The zero-order valence-electron chi connectivity index (χ0n) is 16.3. The highest BCUT2D eigenvalue weighted by molar-refractivity contribution is 7.11. The summed E-state index contributed by atoms with van der Waals surface area (Å²) >= 11 is 1.57. The second-order valence-corrected chi connectivity index (χ2v) is 8.88. The first kappa shape index (κ1) is 20.1. The predicted molar refractivity (Wildman–Crippen MR) is 105 cm³/mol. The zero-order valence-corrected chi connectivity index (χ0v) is 17.1. The highest BCUT2D eigenvalue weighted by atomic mass is 32.1. The van der Waals surface area contributed by atoms with E-state index in [0.717, 1.165) is 15.4 Å². The number of carbonyl (C=O) groups excluding carboxylic acids is 2. The molecule has 1 aromatic carbocycles. The van der Waals surface area contributed by atoms with Gasteiger partial charge in [0.2, 0.25) is 5.91 Å². The molecule has 2 aromatic rings. The number of hydrogen-bond acceptors (Lipinski definition) is 4. The van der Waals surface area contributed by atoms with Crippen LogP contribution in [0, 0.1) is 6.92 Å². The van der Waals surface area contributed by atoms with Crippen molar-refractivity contribution in [2.45, 2.75) is 52.6 Å². The van der Waals surface area contributed by atoms with Crippen molar-refractivity contribution in [1.29, 1.82) is 0 Å². The third-order valence-electron chi connectivity index (χ3n) is 4.17. The molecule has 0 spiro atoms. The van der Waals surface area contributed by atoms with E-state index in [0.29, 0.717) is 12.1 Å². The number of benzene rings is 1. The number of thiazole rings is 1. The largest absolute Gasteiger partial charge is 0.341 e. The monoisotopic (exact) mass is 373 g/mol. The Balaban J connectivity index is 1.96. The van der Waals surface area contributed by atoms with Gasteiger partial charge in [-0.05, 0) is 37.0 Å². The third-order valence-corrected chi connectivity index (χ3v) is 5.07. The molecule has 0 saturated carbocycles. The number of aryl methyl sites for hydroxylation is 1. The average molecular weight is 374 g/mol. The van der Waals surface area contributed by atoms with E-state index < -0.39 is 6.04 Å². The van der Waals surface area contributed by atoms with Crippen molar-refractivity contribution in [1.82, 2.24) is 15.2 Å². The quantitative estimate of drug-likeness (QED) is 0.872. The maximum atomic E-state index is 12.5. The Labute approximate surface area is 159 Å². The minimum atomic E-state index is -0.594. The molecule has 0 aliphatic carbocycles.